The number of rotatable bonds is 4. The molecular weight excluding hydrogens is 282 g/mol. The van der Waals surface area contributed by atoms with Gasteiger partial charge >= 0.3 is 0 Å². The second kappa shape index (κ2) is 5.97. The van der Waals surface area contributed by atoms with Crippen LogP contribution < -0.4 is 10.6 Å². The van der Waals surface area contributed by atoms with Crippen LogP contribution in [0.1, 0.15) is 29.3 Å². The number of amides is 2. The van der Waals surface area contributed by atoms with Crippen molar-refractivity contribution in [3.05, 3.63) is 42.0 Å². The molecule has 2 heterocycles. The van der Waals surface area contributed by atoms with Crippen LogP contribution in [0.25, 0.3) is 0 Å². The Bertz CT molecular complexity index is 696. The van der Waals surface area contributed by atoms with E-state index in [0.29, 0.717) is 24.9 Å². The first-order chi connectivity index (χ1) is 10.6. The van der Waals surface area contributed by atoms with Crippen molar-refractivity contribution >= 4 is 17.5 Å². The monoisotopic (exact) mass is 299 g/mol. The molecule has 0 saturated heterocycles. The smallest absolute Gasteiger partial charge is 0.251 e. The van der Waals surface area contributed by atoms with Gasteiger partial charge in [-0.2, -0.15) is 5.10 Å². The molecule has 0 spiro atoms. The fourth-order valence-electron chi connectivity index (χ4n) is 2.49. The lowest BCUT2D eigenvalue weighted by Crippen LogP contribution is -2.36. The number of nitrogens with zero attached hydrogens (tertiary/aromatic N) is 3. The minimum Gasteiger partial charge on any atom is -0.348 e. The number of carbonyl (C=O) groups is 2. The molecule has 0 saturated carbocycles. The maximum atomic E-state index is 12.3. The number of aryl methyl sites for hydroxylation is 1. The van der Waals surface area contributed by atoms with E-state index >= 15 is 0 Å². The summed E-state index contributed by atoms with van der Waals surface area (Å²) in [5, 5.41) is 9.76. The van der Waals surface area contributed by atoms with Gasteiger partial charge in [0.25, 0.3) is 5.91 Å². The molecule has 1 aliphatic rings. The van der Waals surface area contributed by atoms with E-state index in [1.807, 2.05) is 13.0 Å². The normalized spacial score (nSPS) is 14.9. The van der Waals surface area contributed by atoms with Crippen molar-refractivity contribution in [3.63, 3.8) is 0 Å². The summed E-state index contributed by atoms with van der Waals surface area (Å²) in [6.07, 6.45) is 4.20. The molecule has 2 aromatic rings. The van der Waals surface area contributed by atoms with Gasteiger partial charge in [-0.15, -0.1) is 0 Å². The number of fused-ring (bicyclic) bond motifs is 1. The summed E-state index contributed by atoms with van der Waals surface area (Å²) in [5.74, 6) is -0.113. The zero-order valence-electron chi connectivity index (χ0n) is 12.2. The van der Waals surface area contributed by atoms with E-state index in [2.05, 4.69) is 20.7 Å². The average molecular weight is 299 g/mol. The largest absolute Gasteiger partial charge is 0.348 e. The SMILES string of the molecule is CC(Cn1cncn1)NC(=O)c1ccc2c(c1)CCC(=O)N2. The summed E-state index contributed by atoms with van der Waals surface area (Å²) in [6, 6.07) is 5.28. The quantitative estimate of drug-likeness (QED) is 0.881. The third-order valence-corrected chi connectivity index (χ3v) is 3.57. The van der Waals surface area contributed by atoms with Gasteiger partial charge in [-0.25, -0.2) is 4.98 Å². The zero-order valence-corrected chi connectivity index (χ0v) is 12.2. The molecule has 0 aliphatic carbocycles. The topological polar surface area (TPSA) is 88.9 Å². The van der Waals surface area contributed by atoms with Gasteiger partial charge in [0.05, 0.1) is 6.54 Å². The lowest BCUT2D eigenvalue weighted by molar-refractivity contribution is -0.116. The standard InChI is InChI=1S/C15H17N5O2/c1-10(7-20-9-16-8-17-20)18-15(22)12-2-4-13-11(6-12)3-5-14(21)19-13/h2,4,6,8-10H,3,5,7H2,1H3,(H,18,22)(H,19,21). The number of carbonyl (C=O) groups excluding carboxylic acids is 2. The Kier molecular flexibility index (Phi) is 3.86. The van der Waals surface area contributed by atoms with Crippen LogP contribution in [0.3, 0.4) is 0 Å². The highest BCUT2D eigenvalue weighted by molar-refractivity contribution is 5.98. The van der Waals surface area contributed by atoms with Crippen LogP contribution in [-0.2, 0) is 17.8 Å². The van der Waals surface area contributed by atoms with Crippen molar-refractivity contribution in [1.29, 1.82) is 0 Å². The maximum absolute atomic E-state index is 12.3. The van der Waals surface area contributed by atoms with Crippen LogP contribution in [-0.4, -0.2) is 32.6 Å². The van der Waals surface area contributed by atoms with E-state index in [-0.39, 0.29) is 17.9 Å². The molecule has 114 valence electrons. The van der Waals surface area contributed by atoms with Gasteiger partial charge < -0.3 is 10.6 Å². The molecule has 3 rings (SSSR count). The first-order valence-corrected chi connectivity index (χ1v) is 7.18. The molecule has 1 aromatic carbocycles. The van der Waals surface area contributed by atoms with Gasteiger partial charge in [-0.1, -0.05) is 0 Å². The van der Waals surface area contributed by atoms with Gasteiger partial charge in [0.1, 0.15) is 12.7 Å². The third-order valence-electron chi connectivity index (χ3n) is 3.57. The molecule has 0 radical (unpaired) electrons. The summed E-state index contributed by atoms with van der Waals surface area (Å²) >= 11 is 0. The van der Waals surface area contributed by atoms with Crippen molar-refractivity contribution in [2.75, 3.05) is 5.32 Å². The molecule has 22 heavy (non-hydrogen) atoms. The summed E-state index contributed by atoms with van der Waals surface area (Å²) < 4.78 is 1.67. The van der Waals surface area contributed by atoms with E-state index in [4.69, 9.17) is 0 Å². The lowest BCUT2D eigenvalue weighted by Gasteiger charge is -2.18. The van der Waals surface area contributed by atoms with Gasteiger partial charge in [-0.05, 0) is 37.1 Å². The van der Waals surface area contributed by atoms with E-state index < -0.39 is 0 Å². The number of aromatic nitrogens is 3. The summed E-state index contributed by atoms with van der Waals surface area (Å²) in [7, 11) is 0. The highest BCUT2D eigenvalue weighted by atomic mass is 16.2. The molecule has 0 bridgehead atoms. The second-order valence-corrected chi connectivity index (χ2v) is 5.41. The first-order valence-electron chi connectivity index (χ1n) is 7.18. The maximum Gasteiger partial charge on any atom is 0.251 e. The second-order valence-electron chi connectivity index (χ2n) is 5.41. The van der Waals surface area contributed by atoms with Crippen LogP contribution in [0.5, 0.6) is 0 Å². The minimum atomic E-state index is -0.132. The van der Waals surface area contributed by atoms with E-state index in [0.717, 1.165) is 11.3 Å². The molecule has 1 atom stereocenters. The Hall–Kier alpha value is -2.70. The third kappa shape index (κ3) is 3.13. The van der Waals surface area contributed by atoms with Gasteiger partial charge in [-0.3, -0.25) is 14.3 Å². The van der Waals surface area contributed by atoms with Crippen LogP contribution in [0, 0.1) is 0 Å². The Morgan fingerprint density at radius 1 is 1.45 bits per heavy atom. The van der Waals surface area contributed by atoms with E-state index in [1.54, 1.807) is 23.1 Å². The fourth-order valence-corrected chi connectivity index (χ4v) is 2.49. The minimum absolute atomic E-state index is 0.0196. The van der Waals surface area contributed by atoms with Crippen molar-refractivity contribution in [2.24, 2.45) is 0 Å². The van der Waals surface area contributed by atoms with Crippen LogP contribution in [0.4, 0.5) is 5.69 Å². The van der Waals surface area contributed by atoms with Crippen LogP contribution in [0.2, 0.25) is 0 Å². The molecule has 1 aromatic heterocycles. The number of hydrogen-bond acceptors (Lipinski definition) is 4. The summed E-state index contributed by atoms with van der Waals surface area (Å²) in [6.45, 7) is 2.48. The van der Waals surface area contributed by atoms with Crippen molar-refractivity contribution in [2.45, 2.75) is 32.4 Å². The highest BCUT2D eigenvalue weighted by Crippen LogP contribution is 2.23. The van der Waals surface area contributed by atoms with Crippen molar-refractivity contribution in [1.82, 2.24) is 20.1 Å². The predicted molar refractivity (Wildman–Crippen MR) is 80.3 cm³/mol. The van der Waals surface area contributed by atoms with E-state index in [9.17, 15) is 9.59 Å². The number of anilines is 1. The molecule has 7 heteroatoms. The molecular formula is C15H17N5O2. The molecule has 1 aliphatic heterocycles. The summed E-state index contributed by atoms with van der Waals surface area (Å²) in [5.41, 5.74) is 2.39. The Morgan fingerprint density at radius 3 is 3.09 bits per heavy atom. The predicted octanol–water partition coefficient (Wildman–Crippen LogP) is 0.981. The molecule has 2 N–H and O–H groups in total. The number of nitrogens with one attached hydrogen (secondary N) is 2. The lowest BCUT2D eigenvalue weighted by atomic mass is 10.00. The van der Waals surface area contributed by atoms with Gasteiger partial charge in [0, 0.05) is 23.7 Å². The average Bonchev–Trinajstić information content (AvgIpc) is 2.99. The molecule has 1 unspecified atom stereocenters. The molecule has 2 amide bonds. The fraction of sp³-hybridized carbons (Fsp3) is 0.333. The Morgan fingerprint density at radius 2 is 2.32 bits per heavy atom. The van der Waals surface area contributed by atoms with Crippen molar-refractivity contribution < 1.29 is 9.59 Å². The molecule has 7 nitrogen and oxygen atoms in total. The van der Waals surface area contributed by atoms with Gasteiger partial charge in [0.15, 0.2) is 0 Å². The molecule has 0 fully saturated rings. The Labute approximate surface area is 127 Å². The van der Waals surface area contributed by atoms with Crippen LogP contribution in [0.15, 0.2) is 30.9 Å². The van der Waals surface area contributed by atoms with Crippen LogP contribution >= 0.6 is 0 Å². The first kappa shape index (κ1) is 14.2. The summed E-state index contributed by atoms with van der Waals surface area (Å²) in [4.78, 5) is 27.5. The zero-order chi connectivity index (χ0) is 15.5. The number of benzene rings is 1. The van der Waals surface area contributed by atoms with E-state index in [1.165, 1.54) is 6.33 Å². The number of hydrogen-bond donors (Lipinski definition) is 2. The Balaban J connectivity index is 1.66. The van der Waals surface area contributed by atoms with Gasteiger partial charge in [0.2, 0.25) is 5.91 Å². The highest BCUT2D eigenvalue weighted by Gasteiger charge is 2.17. The van der Waals surface area contributed by atoms with Crippen molar-refractivity contribution in [3.8, 4) is 0 Å².